The summed E-state index contributed by atoms with van der Waals surface area (Å²) in [6.45, 7) is 0. The van der Waals surface area contributed by atoms with Gasteiger partial charge < -0.3 is 10.2 Å². The average molecular weight is 232 g/mol. The van der Waals surface area contributed by atoms with E-state index in [1.165, 1.54) is 0 Å². The van der Waals surface area contributed by atoms with E-state index in [2.05, 4.69) is 0 Å². The van der Waals surface area contributed by atoms with Crippen LogP contribution in [0.1, 0.15) is 10.4 Å². The lowest BCUT2D eigenvalue weighted by Crippen LogP contribution is -1.91. The molecule has 0 unspecified atom stereocenters. The number of aldehydes is 1. The molecule has 2 rings (SSSR count). The lowest BCUT2D eigenvalue weighted by molar-refractivity contribution is 0.111. The van der Waals surface area contributed by atoms with Crippen molar-refractivity contribution in [1.29, 1.82) is 0 Å². The Hall–Kier alpha value is -2.36. The molecule has 0 spiro atoms. The molecule has 2 aromatic rings. The van der Waals surface area contributed by atoms with E-state index in [-0.39, 0.29) is 23.2 Å². The molecule has 2 aromatic carbocycles. The second kappa shape index (κ2) is 4.25. The molecule has 0 saturated carbocycles. The highest BCUT2D eigenvalue weighted by molar-refractivity contribution is 5.84. The van der Waals surface area contributed by atoms with Crippen LogP contribution in [0, 0.1) is 5.82 Å². The minimum atomic E-state index is -1.03. The van der Waals surface area contributed by atoms with Gasteiger partial charge in [0.1, 0.15) is 5.75 Å². The number of hydrogen-bond acceptors (Lipinski definition) is 3. The van der Waals surface area contributed by atoms with Crippen molar-refractivity contribution in [2.45, 2.75) is 0 Å². The second-order valence-corrected chi connectivity index (χ2v) is 3.51. The fourth-order valence-corrected chi connectivity index (χ4v) is 1.63. The number of hydrogen-bond donors (Lipinski definition) is 2. The zero-order valence-corrected chi connectivity index (χ0v) is 8.72. The van der Waals surface area contributed by atoms with E-state index in [9.17, 15) is 19.4 Å². The maximum Gasteiger partial charge on any atom is 0.176 e. The van der Waals surface area contributed by atoms with Crippen LogP contribution in [0.25, 0.3) is 11.1 Å². The Labute approximate surface area is 96.8 Å². The summed E-state index contributed by atoms with van der Waals surface area (Å²) in [5, 5.41) is 19.3. The molecule has 0 atom stereocenters. The van der Waals surface area contributed by atoms with Gasteiger partial charge in [0.05, 0.1) is 11.1 Å². The van der Waals surface area contributed by atoms with Crippen LogP contribution in [-0.2, 0) is 0 Å². The highest BCUT2D eigenvalue weighted by atomic mass is 19.1. The predicted molar refractivity (Wildman–Crippen MR) is 60.6 cm³/mol. The van der Waals surface area contributed by atoms with E-state index in [4.69, 9.17) is 0 Å². The Balaban J connectivity index is 2.72. The zero-order valence-electron chi connectivity index (χ0n) is 8.72. The van der Waals surface area contributed by atoms with Crippen LogP contribution in [0.5, 0.6) is 11.5 Å². The Morgan fingerprint density at radius 2 is 1.76 bits per heavy atom. The first kappa shape index (κ1) is 11.1. The Kier molecular flexibility index (Phi) is 2.78. The lowest BCUT2D eigenvalue weighted by Gasteiger charge is -2.09. The van der Waals surface area contributed by atoms with Crippen molar-refractivity contribution in [1.82, 2.24) is 0 Å². The summed E-state index contributed by atoms with van der Waals surface area (Å²) < 4.78 is 13.5. The van der Waals surface area contributed by atoms with E-state index < -0.39 is 11.6 Å². The first-order chi connectivity index (χ1) is 8.15. The number of aromatic hydroxyl groups is 2. The maximum absolute atomic E-state index is 13.5. The largest absolute Gasteiger partial charge is 0.507 e. The van der Waals surface area contributed by atoms with Gasteiger partial charge in [-0.1, -0.05) is 30.3 Å². The molecular weight excluding hydrogens is 223 g/mol. The standard InChI is InChI=1S/C13H9FO3/c14-12-9(7-15)6-10(16)11(13(12)17)8-4-2-1-3-5-8/h1-7,16-17H. The molecule has 3 nitrogen and oxygen atoms in total. The first-order valence-electron chi connectivity index (χ1n) is 4.90. The molecule has 0 bridgehead atoms. The van der Waals surface area contributed by atoms with Gasteiger partial charge in [-0.25, -0.2) is 4.39 Å². The van der Waals surface area contributed by atoms with Crippen molar-refractivity contribution < 1.29 is 19.4 Å². The molecule has 86 valence electrons. The van der Waals surface area contributed by atoms with Gasteiger partial charge in [0, 0.05) is 0 Å². The summed E-state index contributed by atoms with van der Waals surface area (Å²) >= 11 is 0. The summed E-state index contributed by atoms with van der Waals surface area (Å²) in [6.07, 6.45) is 0.240. The van der Waals surface area contributed by atoms with E-state index in [0.29, 0.717) is 5.56 Å². The lowest BCUT2D eigenvalue weighted by atomic mass is 10.0. The fraction of sp³-hybridized carbons (Fsp3) is 0. The van der Waals surface area contributed by atoms with Gasteiger partial charge in [0.25, 0.3) is 0 Å². The molecule has 0 heterocycles. The van der Waals surface area contributed by atoms with E-state index >= 15 is 0 Å². The van der Waals surface area contributed by atoms with Crippen LogP contribution in [0.4, 0.5) is 4.39 Å². The average Bonchev–Trinajstić information content (AvgIpc) is 2.35. The summed E-state index contributed by atoms with van der Waals surface area (Å²) in [5.74, 6) is -2.09. The van der Waals surface area contributed by atoms with Crippen LogP contribution in [0.3, 0.4) is 0 Å². The molecule has 0 aliphatic rings. The van der Waals surface area contributed by atoms with E-state index in [1.54, 1.807) is 30.3 Å². The van der Waals surface area contributed by atoms with Gasteiger partial charge in [0.15, 0.2) is 17.9 Å². The first-order valence-corrected chi connectivity index (χ1v) is 4.90. The fourth-order valence-electron chi connectivity index (χ4n) is 1.63. The summed E-state index contributed by atoms with van der Waals surface area (Å²) in [4.78, 5) is 10.5. The number of benzene rings is 2. The van der Waals surface area contributed by atoms with Gasteiger partial charge in [-0.15, -0.1) is 0 Å². The van der Waals surface area contributed by atoms with Crippen molar-refractivity contribution in [3.63, 3.8) is 0 Å². The van der Waals surface area contributed by atoms with Crippen LogP contribution < -0.4 is 0 Å². The van der Waals surface area contributed by atoms with Crippen molar-refractivity contribution in [3.8, 4) is 22.6 Å². The molecule has 0 aromatic heterocycles. The molecule has 17 heavy (non-hydrogen) atoms. The summed E-state index contributed by atoms with van der Waals surface area (Å²) in [7, 11) is 0. The zero-order chi connectivity index (χ0) is 12.4. The third-order valence-corrected chi connectivity index (χ3v) is 2.44. The Bertz CT molecular complexity index is 565. The third-order valence-electron chi connectivity index (χ3n) is 2.44. The normalized spacial score (nSPS) is 10.2. The van der Waals surface area contributed by atoms with Crippen molar-refractivity contribution in [3.05, 3.63) is 47.8 Å². The highest BCUT2D eigenvalue weighted by Crippen LogP contribution is 2.39. The molecule has 0 amide bonds. The highest BCUT2D eigenvalue weighted by Gasteiger charge is 2.18. The van der Waals surface area contributed by atoms with Gasteiger partial charge >= 0.3 is 0 Å². The number of carbonyl (C=O) groups is 1. The summed E-state index contributed by atoms with van der Waals surface area (Å²) in [5.41, 5.74) is 0.0761. The number of halogens is 1. The second-order valence-electron chi connectivity index (χ2n) is 3.51. The van der Waals surface area contributed by atoms with E-state index in [1.807, 2.05) is 0 Å². The topological polar surface area (TPSA) is 57.5 Å². The van der Waals surface area contributed by atoms with Crippen LogP contribution >= 0.6 is 0 Å². The van der Waals surface area contributed by atoms with Crippen molar-refractivity contribution >= 4 is 6.29 Å². The molecule has 0 fully saturated rings. The number of phenols is 2. The van der Waals surface area contributed by atoms with Crippen LogP contribution in [-0.4, -0.2) is 16.5 Å². The Morgan fingerprint density at radius 1 is 1.12 bits per heavy atom. The molecule has 2 N–H and O–H groups in total. The molecular formula is C13H9FO3. The number of phenolic OH excluding ortho intramolecular Hbond substituents is 2. The van der Waals surface area contributed by atoms with Gasteiger partial charge in [-0.2, -0.15) is 0 Å². The van der Waals surface area contributed by atoms with Gasteiger partial charge in [-0.3, -0.25) is 4.79 Å². The minimum Gasteiger partial charge on any atom is -0.507 e. The van der Waals surface area contributed by atoms with E-state index in [0.717, 1.165) is 6.07 Å². The number of carbonyl (C=O) groups excluding carboxylic acids is 1. The molecule has 0 aliphatic carbocycles. The van der Waals surface area contributed by atoms with Crippen LogP contribution in [0.2, 0.25) is 0 Å². The molecule has 0 aliphatic heterocycles. The Morgan fingerprint density at radius 3 is 2.35 bits per heavy atom. The SMILES string of the molecule is O=Cc1cc(O)c(-c2ccccc2)c(O)c1F. The molecule has 4 heteroatoms. The van der Waals surface area contributed by atoms with Gasteiger partial charge in [0.2, 0.25) is 0 Å². The van der Waals surface area contributed by atoms with Crippen molar-refractivity contribution in [2.24, 2.45) is 0 Å². The quantitative estimate of drug-likeness (QED) is 0.782. The van der Waals surface area contributed by atoms with Crippen molar-refractivity contribution in [2.75, 3.05) is 0 Å². The smallest absolute Gasteiger partial charge is 0.176 e. The van der Waals surface area contributed by atoms with Crippen LogP contribution in [0.15, 0.2) is 36.4 Å². The maximum atomic E-state index is 13.5. The minimum absolute atomic E-state index is 0.0197. The third kappa shape index (κ3) is 1.85. The number of rotatable bonds is 2. The summed E-state index contributed by atoms with van der Waals surface area (Å²) in [6, 6.07) is 9.38. The monoisotopic (exact) mass is 232 g/mol. The molecule has 0 radical (unpaired) electrons. The molecule has 0 saturated heterocycles. The van der Waals surface area contributed by atoms with Gasteiger partial charge in [-0.05, 0) is 11.6 Å². The predicted octanol–water partition coefficient (Wildman–Crippen LogP) is 2.72.